The van der Waals surface area contributed by atoms with Crippen molar-refractivity contribution >= 4 is 0 Å². The van der Waals surface area contributed by atoms with Gasteiger partial charge in [-0.25, -0.2) is 0 Å². The van der Waals surface area contributed by atoms with Crippen molar-refractivity contribution in [3.05, 3.63) is 10.4 Å². The molecule has 4 unspecified atom stereocenters. The first-order valence-electron chi connectivity index (χ1n) is 4.69. The number of aliphatic hydroxyl groups excluding tert-OH is 1. The summed E-state index contributed by atoms with van der Waals surface area (Å²) in [6, 6.07) is 0. The molecule has 0 aliphatic heterocycles. The van der Waals surface area contributed by atoms with Gasteiger partial charge < -0.3 is 5.11 Å². The van der Waals surface area contributed by atoms with E-state index in [0.717, 1.165) is 6.42 Å². The Bertz CT molecular complexity index is 295. The molecule has 2 fully saturated rings. The molecule has 0 radical (unpaired) electrons. The second-order valence-electron chi connectivity index (χ2n) is 5.07. The summed E-state index contributed by atoms with van der Waals surface area (Å²) in [5.74, 6) is 0.906. The van der Waals surface area contributed by atoms with E-state index in [9.17, 15) is 5.11 Å². The summed E-state index contributed by atoms with van der Waals surface area (Å²) >= 11 is 0. The van der Waals surface area contributed by atoms with Gasteiger partial charge in [0, 0.05) is 4.91 Å². The molecule has 2 rings (SSSR count). The highest BCUT2D eigenvalue weighted by Crippen LogP contribution is 2.71. The van der Waals surface area contributed by atoms with E-state index in [1.807, 2.05) is 6.92 Å². The van der Waals surface area contributed by atoms with Crippen LogP contribution in [0, 0.1) is 17.3 Å². The Hall–Kier alpha value is -0.730. The molecule has 0 aromatic carbocycles. The van der Waals surface area contributed by atoms with Crippen molar-refractivity contribution < 1.29 is 5.11 Å². The number of hydrogen-bond donors (Lipinski definition) is 1. The fourth-order valence-corrected chi connectivity index (χ4v) is 3.26. The van der Waals surface area contributed by atoms with Crippen LogP contribution in [0.5, 0.6) is 0 Å². The highest BCUT2D eigenvalue weighted by atomic mass is 16.3. The first-order chi connectivity index (χ1) is 5.94. The predicted octanol–water partition coefficient (Wildman–Crippen LogP) is 2.09. The highest BCUT2D eigenvalue weighted by molar-refractivity contribution is 5.23. The molecule has 2 aliphatic rings. The van der Waals surface area contributed by atoms with E-state index in [4.69, 9.17) is 5.53 Å². The van der Waals surface area contributed by atoms with E-state index in [1.54, 1.807) is 0 Å². The average molecular weight is 181 g/mol. The second-order valence-corrected chi connectivity index (χ2v) is 5.07. The number of hydrogen-bond acceptors (Lipinski definition) is 2. The largest absolute Gasteiger partial charge is 0.392 e. The van der Waals surface area contributed by atoms with Crippen molar-refractivity contribution in [1.82, 2.24) is 0 Å². The third kappa shape index (κ3) is 0.875. The molecule has 0 aromatic rings. The van der Waals surface area contributed by atoms with Crippen LogP contribution < -0.4 is 0 Å². The minimum absolute atomic E-state index is 0.252. The topological polar surface area (TPSA) is 69.0 Å². The van der Waals surface area contributed by atoms with Gasteiger partial charge >= 0.3 is 0 Å². The van der Waals surface area contributed by atoms with Crippen LogP contribution in [0.15, 0.2) is 5.11 Å². The second kappa shape index (κ2) is 2.20. The summed E-state index contributed by atoms with van der Waals surface area (Å²) in [5.41, 5.74) is 8.15. The minimum atomic E-state index is -0.567. The zero-order valence-electron chi connectivity index (χ0n) is 8.23. The molecule has 72 valence electrons. The zero-order chi connectivity index (χ0) is 9.85. The molecular weight excluding hydrogens is 166 g/mol. The van der Waals surface area contributed by atoms with E-state index in [0.29, 0.717) is 11.8 Å². The Labute approximate surface area is 77.6 Å². The Morgan fingerprint density at radius 1 is 1.46 bits per heavy atom. The van der Waals surface area contributed by atoms with Crippen molar-refractivity contribution in [2.75, 3.05) is 0 Å². The normalized spacial score (nSPS) is 50.9. The molecule has 0 aromatic heterocycles. The standard InChI is InChI=1S/C9H15N3O/c1-8(2)5-4-6(13)9(3,7(5)8)11-12-10/h5-7,13H,4H2,1-3H3. The lowest BCUT2D eigenvalue weighted by Gasteiger charge is -2.28. The van der Waals surface area contributed by atoms with Crippen molar-refractivity contribution in [2.24, 2.45) is 22.4 Å². The molecule has 0 spiro atoms. The SMILES string of the molecule is CC1(C)C2CC(O)C(C)(N=[N+]=[N-])C21. The molecule has 1 N–H and O–H groups in total. The van der Waals surface area contributed by atoms with Crippen molar-refractivity contribution in [3.8, 4) is 0 Å². The molecule has 13 heavy (non-hydrogen) atoms. The molecule has 0 saturated heterocycles. The maximum Gasteiger partial charge on any atom is 0.0754 e. The van der Waals surface area contributed by atoms with E-state index < -0.39 is 11.6 Å². The Kier molecular flexibility index (Phi) is 1.49. The van der Waals surface area contributed by atoms with Crippen LogP contribution in [0.2, 0.25) is 0 Å². The van der Waals surface area contributed by atoms with E-state index in [1.165, 1.54) is 0 Å². The fourth-order valence-electron chi connectivity index (χ4n) is 3.26. The van der Waals surface area contributed by atoms with Crippen molar-refractivity contribution in [3.63, 3.8) is 0 Å². The molecule has 0 amide bonds. The van der Waals surface area contributed by atoms with Gasteiger partial charge in [-0.05, 0) is 29.2 Å². The summed E-state index contributed by atoms with van der Waals surface area (Å²) in [6.45, 7) is 6.23. The number of fused-ring (bicyclic) bond motifs is 1. The van der Waals surface area contributed by atoms with Crippen LogP contribution in [0.3, 0.4) is 0 Å². The highest BCUT2D eigenvalue weighted by Gasteiger charge is 2.71. The fraction of sp³-hybridized carbons (Fsp3) is 1.00. The van der Waals surface area contributed by atoms with Crippen LogP contribution >= 0.6 is 0 Å². The van der Waals surface area contributed by atoms with Gasteiger partial charge in [-0.15, -0.1) is 0 Å². The van der Waals surface area contributed by atoms with Crippen LogP contribution in [-0.4, -0.2) is 16.7 Å². The number of rotatable bonds is 1. The molecule has 4 nitrogen and oxygen atoms in total. The molecule has 0 heterocycles. The van der Waals surface area contributed by atoms with Gasteiger partial charge in [0.15, 0.2) is 0 Å². The van der Waals surface area contributed by atoms with E-state index in [2.05, 4.69) is 23.9 Å². The maximum absolute atomic E-state index is 9.75. The smallest absolute Gasteiger partial charge is 0.0754 e. The van der Waals surface area contributed by atoms with Gasteiger partial charge in [0.2, 0.25) is 0 Å². The van der Waals surface area contributed by atoms with Crippen LogP contribution in [0.25, 0.3) is 10.4 Å². The Morgan fingerprint density at radius 3 is 2.54 bits per heavy atom. The van der Waals surface area contributed by atoms with Gasteiger partial charge in [0.1, 0.15) is 0 Å². The molecule has 4 heteroatoms. The van der Waals surface area contributed by atoms with E-state index in [-0.39, 0.29) is 5.41 Å². The summed E-state index contributed by atoms with van der Waals surface area (Å²) in [5, 5.41) is 13.5. The third-order valence-corrected chi connectivity index (χ3v) is 4.09. The van der Waals surface area contributed by atoms with Crippen molar-refractivity contribution in [2.45, 2.75) is 38.8 Å². The summed E-state index contributed by atoms with van der Waals surface area (Å²) in [7, 11) is 0. The molecular formula is C9H15N3O. The monoisotopic (exact) mass is 181 g/mol. The summed E-state index contributed by atoms with van der Waals surface area (Å²) in [6.07, 6.45) is 0.333. The van der Waals surface area contributed by atoms with Crippen molar-refractivity contribution in [1.29, 1.82) is 0 Å². The predicted molar refractivity (Wildman–Crippen MR) is 48.9 cm³/mol. The summed E-state index contributed by atoms with van der Waals surface area (Å²) in [4.78, 5) is 2.85. The molecule has 4 atom stereocenters. The first kappa shape index (κ1) is 8.85. The van der Waals surface area contributed by atoms with Crippen LogP contribution in [-0.2, 0) is 0 Å². The van der Waals surface area contributed by atoms with Crippen LogP contribution in [0.1, 0.15) is 27.2 Å². The lowest BCUT2D eigenvalue weighted by molar-refractivity contribution is 0.0821. The molecule has 0 bridgehead atoms. The number of aliphatic hydroxyl groups is 1. The van der Waals surface area contributed by atoms with Crippen LogP contribution in [0.4, 0.5) is 0 Å². The van der Waals surface area contributed by atoms with Gasteiger partial charge in [-0.3, -0.25) is 0 Å². The summed E-state index contributed by atoms with van der Waals surface area (Å²) < 4.78 is 0. The van der Waals surface area contributed by atoms with Gasteiger partial charge in [-0.1, -0.05) is 25.9 Å². The first-order valence-corrected chi connectivity index (χ1v) is 4.69. The third-order valence-electron chi connectivity index (χ3n) is 4.09. The maximum atomic E-state index is 9.75. The number of nitrogens with zero attached hydrogens (tertiary/aromatic N) is 3. The molecule has 2 saturated carbocycles. The lowest BCUT2D eigenvalue weighted by Crippen LogP contribution is -2.38. The minimum Gasteiger partial charge on any atom is -0.392 e. The quantitative estimate of drug-likeness (QED) is 0.375. The van der Waals surface area contributed by atoms with Gasteiger partial charge in [-0.2, -0.15) is 0 Å². The average Bonchev–Trinajstić information content (AvgIpc) is 2.40. The zero-order valence-corrected chi connectivity index (χ0v) is 8.23. The van der Waals surface area contributed by atoms with Gasteiger partial charge in [0.25, 0.3) is 0 Å². The Balaban J connectivity index is 2.33. The molecule has 2 aliphatic carbocycles. The van der Waals surface area contributed by atoms with Gasteiger partial charge in [0.05, 0.1) is 11.6 Å². The van der Waals surface area contributed by atoms with E-state index >= 15 is 0 Å². The number of azide groups is 1. The Morgan fingerprint density at radius 2 is 2.08 bits per heavy atom. The lowest BCUT2D eigenvalue weighted by atomic mass is 9.86.